The molecule has 2 aromatic rings. The van der Waals surface area contributed by atoms with Gasteiger partial charge in [-0.1, -0.05) is 24.6 Å². The van der Waals surface area contributed by atoms with Gasteiger partial charge in [0.2, 0.25) is 0 Å². The van der Waals surface area contributed by atoms with E-state index in [0.717, 1.165) is 28.6 Å². The third-order valence-corrected chi connectivity index (χ3v) is 4.04. The average molecular weight is 358 g/mol. The van der Waals surface area contributed by atoms with E-state index in [9.17, 15) is 4.79 Å². The Balaban J connectivity index is 2.26. The maximum absolute atomic E-state index is 11.0. The number of halogens is 2. The van der Waals surface area contributed by atoms with Crippen LogP contribution in [0.5, 0.6) is 5.75 Å². The summed E-state index contributed by atoms with van der Waals surface area (Å²) in [7, 11) is 1.82. The van der Waals surface area contributed by atoms with Gasteiger partial charge in [0.1, 0.15) is 12.4 Å². The molecular formula is C14H14BrClN2O2. The van der Waals surface area contributed by atoms with Gasteiger partial charge in [0.25, 0.3) is 0 Å². The molecule has 0 aliphatic rings. The summed E-state index contributed by atoms with van der Waals surface area (Å²) in [6.07, 6.45) is 1.53. The molecule has 2 rings (SSSR count). The molecule has 1 aromatic heterocycles. The largest absolute Gasteiger partial charge is 0.485 e. The van der Waals surface area contributed by atoms with Crippen LogP contribution in [0.2, 0.25) is 5.02 Å². The standard InChI is InChI=1S/C14H14BrClN2O2/c1-3-11-13(16)12(18(2)17-11)8-20-14-9(7-19)5-4-6-10(14)15/h4-7H,3,8H2,1-2H3. The highest BCUT2D eigenvalue weighted by Gasteiger charge is 2.15. The molecule has 0 unspecified atom stereocenters. The van der Waals surface area contributed by atoms with E-state index >= 15 is 0 Å². The molecule has 0 radical (unpaired) electrons. The van der Waals surface area contributed by atoms with Gasteiger partial charge in [-0.15, -0.1) is 0 Å². The second kappa shape index (κ2) is 6.41. The van der Waals surface area contributed by atoms with Crippen molar-refractivity contribution in [2.75, 3.05) is 0 Å². The first kappa shape index (κ1) is 15.1. The van der Waals surface area contributed by atoms with Crippen molar-refractivity contribution < 1.29 is 9.53 Å². The SMILES string of the molecule is CCc1nn(C)c(COc2c(Br)cccc2C=O)c1Cl. The van der Waals surface area contributed by atoms with Gasteiger partial charge in [0.15, 0.2) is 6.29 Å². The highest BCUT2D eigenvalue weighted by molar-refractivity contribution is 9.10. The first-order valence-electron chi connectivity index (χ1n) is 6.15. The molecule has 106 valence electrons. The number of aryl methyl sites for hydroxylation is 2. The molecule has 0 amide bonds. The predicted molar refractivity (Wildman–Crippen MR) is 81.5 cm³/mol. The fourth-order valence-electron chi connectivity index (χ4n) is 1.89. The summed E-state index contributed by atoms with van der Waals surface area (Å²) in [5.41, 5.74) is 2.13. The Morgan fingerprint density at radius 3 is 2.85 bits per heavy atom. The van der Waals surface area contributed by atoms with Gasteiger partial charge < -0.3 is 4.74 Å². The van der Waals surface area contributed by atoms with Crippen LogP contribution in [0.15, 0.2) is 22.7 Å². The fourth-order valence-corrected chi connectivity index (χ4v) is 2.73. The lowest BCUT2D eigenvalue weighted by Gasteiger charge is -2.10. The van der Waals surface area contributed by atoms with Crippen molar-refractivity contribution in [2.24, 2.45) is 7.05 Å². The van der Waals surface area contributed by atoms with Crippen molar-refractivity contribution in [1.82, 2.24) is 9.78 Å². The van der Waals surface area contributed by atoms with Crippen molar-refractivity contribution in [2.45, 2.75) is 20.0 Å². The van der Waals surface area contributed by atoms with Crippen molar-refractivity contribution in [3.63, 3.8) is 0 Å². The van der Waals surface area contributed by atoms with Crippen molar-refractivity contribution in [3.8, 4) is 5.75 Å². The molecule has 0 bridgehead atoms. The maximum atomic E-state index is 11.0. The van der Waals surface area contributed by atoms with Crippen LogP contribution in [-0.2, 0) is 20.1 Å². The molecule has 1 heterocycles. The molecule has 6 heteroatoms. The van der Waals surface area contributed by atoms with E-state index in [4.69, 9.17) is 16.3 Å². The summed E-state index contributed by atoms with van der Waals surface area (Å²) < 4.78 is 8.18. The zero-order chi connectivity index (χ0) is 14.7. The summed E-state index contributed by atoms with van der Waals surface area (Å²) in [5, 5.41) is 4.95. The molecule has 0 saturated heterocycles. The zero-order valence-electron chi connectivity index (χ0n) is 11.2. The molecule has 0 N–H and O–H groups in total. The number of hydrogen-bond acceptors (Lipinski definition) is 3. The van der Waals surface area contributed by atoms with E-state index in [1.807, 2.05) is 20.0 Å². The van der Waals surface area contributed by atoms with Crippen LogP contribution < -0.4 is 4.74 Å². The van der Waals surface area contributed by atoms with Crippen molar-refractivity contribution in [1.29, 1.82) is 0 Å². The second-order valence-corrected chi connectivity index (χ2v) is 5.48. The van der Waals surface area contributed by atoms with E-state index in [2.05, 4.69) is 21.0 Å². The number of nitrogens with zero attached hydrogens (tertiary/aromatic N) is 2. The molecule has 1 aromatic carbocycles. The summed E-state index contributed by atoms with van der Waals surface area (Å²) >= 11 is 9.64. The lowest BCUT2D eigenvalue weighted by molar-refractivity contribution is 0.111. The summed E-state index contributed by atoms with van der Waals surface area (Å²) in [6, 6.07) is 5.31. The Kier molecular flexibility index (Phi) is 4.83. The van der Waals surface area contributed by atoms with E-state index in [1.54, 1.807) is 16.8 Å². The second-order valence-electron chi connectivity index (χ2n) is 4.25. The third kappa shape index (κ3) is 2.88. The number of aromatic nitrogens is 2. The first-order chi connectivity index (χ1) is 9.58. The van der Waals surface area contributed by atoms with Gasteiger partial charge in [0.05, 0.1) is 26.4 Å². The molecule has 0 atom stereocenters. The Hall–Kier alpha value is -1.33. The minimum Gasteiger partial charge on any atom is -0.485 e. The third-order valence-electron chi connectivity index (χ3n) is 2.98. The lowest BCUT2D eigenvalue weighted by Crippen LogP contribution is -2.05. The molecule has 0 saturated carbocycles. The van der Waals surface area contributed by atoms with Gasteiger partial charge in [-0.2, -0.15) is 5.10 Å². The molecule has 0 fully saturated rings. The highest BCUT2D eigenvalue weighted by Crippen LogP contribution is 2.30. The molecular weight excluding hydrogens is 344 g/mol. The monoisotopic (exact) mass is 356 g/mol. The van der Waals surface area contributed by atoms with Crippen molar-refractivity contribution in [3.05, 3.63) is 44.6 Å². The molecule has 20 heavy (non-hydrogen) atoms. The quantitative estimate of drug-likeness (QED) is 0.765. The summed E-state index contributed by atoms with van der Waals surface area (Å²) in [4.78, 5) is 11.0. The van der Waals surface area contributed by atoms with Gasteiger partial charge in [0, 0.05) is 7.05 Å². The Bertz CT molecular complexity index is 640. The molecule has 0 spiro atoms. The maximum Gasteiger partial charge on any atom is 0.153 e. The van der Waals surface area contributed by atoms with Crippen LogP contribution >= 0.6 is 27.5 Å². The Morgan fingerprint density at radius 2 is 2.25 bits per heavy atom. The number of carbonyl (C=O) groups is 1. The average Bonchev–Trinajstić information content (AvgIpc) is 2.72. The predicted octanol–water partition coefficient (Wildman–Crippen LogP) is 3.79. The van der Waals surface area contributed by atoms with Gasteiger partial charge in [-0.05, 0) is 34.5 Å². The molecule has 4 nitrogen and oxygen atoms in total. The summed E-state index contributed by atoms with van der Waals surface area (Å²) in [5.74, 6) is 0.512. The number of rotatable bonds is 5. The number of carbonyl (C=O) groups excluding carboxylic acids is 1. The lowest BCUT2D eigenvalue weighted by atomic mass is 10.2. The Labute approximate surface area is 130 Å². The van der Waals surface area contributed by atoms with Gasteiger partial charge in [-0.3, -0.25) is 9.48 Å². The van der Waals surface area contributed by atoms with E-state index in [0.29, 0.717) is 16.3 Å². The minimum atomic E-state index is 0.256. The van der Waals surface area contributed by atoms with E-state index in [-0.39, 0.29) is 6.61 Å². The molecule has 0 aliphatic carbocycles. The van der Waals surface area contributed by atoms with Crippen LogP contribution in [0.1, 0.15) is 28.7 Å². The topological polar surface area (TPSA) is 44.1 Å². The van der Waals surface area contributed by atoms with Gasteiger partial charge in [-0.25, -0.2) is 0 Å². The number of ether oxygens (including phenoxy) is 1. The Morgan fingerprint density at radius 1 is 1.50 bits per heavy atom. The first-order valence-corrected chi connectivity index (χ1v) is 7.32. The van der Waals surface area contributed by atoms with Crippen LogP contribution in [-0.4, -0.2) is 16.1 Å². The van der Waals surface area contributed by atoms with E-state index < -0.39 is 0 Å². The number of hydrogen-bond donors (Lipinski definition) is 0. The normalized spacial score (nSPS) is 10.6. The van der Waals surface area contributed by atoms with E-state index in [1.165, 1.54) is 0 Å². The van der Waals surface area contributed by atoms with Gasteiger partial charge >= 0.3 is 0 Å². The fraction of sp³-hybridized carbons (Fsp3) is 0.286. The van der Waals surface area contributed by atoms with Crippen LogP contribution in [0.25, 0.3) is 0 Å². The van der Waals surface area contributed by atoms with Crippen LogP contribution in [0.4, 0.5) is 0 Å². The van der Waals surface area contributed by atoms with Crippen LogP contribution in [0.3, 0.4) is 0 Å². The number of aldehydes is 1. The highest BCUT2D eigenvalue weighted by atomic mass is 79.9. The summed E-state index contributed by atoms with van der Waals surface area (Å²) in [6.45, 7) is 2.25. The zero-order valence-corrected chi connectivity index (χ0v) is 13.5. The van der Waals surface area contributed by atoms with Crippen LogP contribution in [0, 0.1) is 0 Å². The molecule has 0 aliphatic heterocycles. The minimum absolute atomic E-state index is 0.256. The smallest absolute Gasteiger partial charge is 0.153 e. The number of para-hydroxylation sites is 1. The number of benzene rings is 1. The van der Waals surface area contributed by atoms with Crippen molar-refractivity contribution >= 4 is 33.8 Å².